The summed E-state index contributed by atoms with van der Waals surface area (Å²) < 4.78 is 1.82. The smallest absolute Gasteiger partial charge is 0.226 e. The van der Waals surface area contributed by atoms with Crippen molar-refractivity contribution in [2.45, 2.75) is 13.0 Å². The van der Waals surface area contributed by atoms with Gasteiger partial charge in [0.2, 0.25) is 5.91 Å². The van der Waals surface area contributed by atoms with E-state index in [9.17, 15) is 4.79 Å². The van der Waals surface area contributed by atoms with E-state index in [1.54, 1.807) is 36.9 Å². The van der Waals surface area contributed by atoms with E-state index in [2.05, 4.69) is 22.1 Å². The van der Waals surface area contributed by atoms with Crippen molar-refractivity contribution in [3.05, 3.63) is 47.5 Å². The molecule has 5 nitrogen and oxygen atoms in total. The standard InChI is InChI=1S/C15H14ClN3O2/c16-13-4-3-12(2-1-9-20)10-14(13)18-15(21)5-7-19-8-6-17-11-19/h3-4,6,8,10-11,20H,5,7,9H2,(H,18,21). The van der Waals surface area contributed by atoms with Crippen LogP contribution in [0.3, 0.4) is 0 Å². The molecule has 6 heteroatoms. The number of carbonyl (C=O) groups is 1. The van der Waals surface area contributed by atoms with Crippen LogP contribution in [0.25, 0.3) is 0 Å². The van der Waals surface area contributed by atoms with Gasteiger partial charge in [0, 0.05) is 30.9 Å². The Balaban J connectivity index is 1.99. The van der Waals surface area contributed by atoms with Gasteiger partial charge in [0.1, 0.15) is 6.61 Å². The van der Waals surface area contributed by atoms with Gasteiger partial charge in [0.25, 0.3) is 0 Å². The van der Waals surface area contributed by atoms with Crippen molar-refractivity contribution in [2.75, 3.05) is 11.9 Å². The summed E-state index contributed by atoms with van der Waals surface area (Å²) in [6, 6.07) is 5.07. The summed E-state index contributed by atoms with van der Waals surface area (Å²) in [6.07, 6.45) is 5.44. The van der Waals surface area contributed by atoms with E-state index in [0.717, 1.165) is 0 Å². The third kappa shape index (κ3) is 4.63. The molecule has 108 valence electrons. The van der Waals surface area contributed by atoms with E-state index in [-0.39, 0.29) is 12.5 Å². The quantitative estimate of drug-likeness (QED) is 0.848. The van der Waals surface area contributed by atoms with Crippen LogP contribution in [0.15, 0.2) is 36.9 Å². The molecule has 2 aromatic rings. The number of nitrogens with zero attached hydrogens (tertiary/aromatic N) is 2. The normalized spacial score (nSPS) is 9.81. The van der Waals surface area contributed by atoms with Crippen molar-refractivity contribution in [2.24, 2.45) is 0 Å². The summed E-state index contributed by atoms with van der Waals surface area (Å²) in [7, 11) is 0. The van der Waals surface area contributed by atoms with Gasteiger partial charge in [-0.05, 0) is 18.2 Å². The number of aryl methyl sites for hydroxylation is 1. The van der Waals surface area contributed by atoms with Gasteiger partial charge < -0.3 is 15.0 Å². The Hall–Kier alpha value is -2.29. The van der Waals surface area contributed by atoms with Gasteiger partial charge in [-0.3, -0.25) is 4.79 Å². The van der Waals surface area contributed by atoms with Crippen molar-refractivity contribution in [1.82, 2.24) is 9.55 Å². The number of benzene rings is 1. The Morgan fingerprint density at radius 3 is 3.05 bits per heavy atom. The lowest BCUT2D eigenvalue weighted by Crippen LogP contribution is -2.14. The molecule has 1 aromatic carbocycles. The van der Waals surface area contributed by atoms with E-state index in [4.69, 9.17) is 16.7 Å². The number of halogens is 1. The van der Waals surface area contributed by atoms with Crippen LogP contribution in [-0.4, -0.2) is 27.2 Å². The summed E-state index contributed by atoms with van der Waals surface area (Å²) in [5.41, 5.74) is 1.19. The van der Waals surface area contributed by atoms with Gasteiger partial charge in [0.15, 0.2) is 0 Å². The van der Waals surface area contributed by atoms with Crippen LogP contribution in [0.2, 0.25) is 5.02 Å². The van der Waals surface area contributed by atoms with Gasteiger partial charge in [-0.25, -0.2) is 4.98 Å². The minimum Gasteiger partial charge on any atom is -0.384 e. The topological polar surface area (TPSA) is 67.2 Å². The fourth-order valence-electron chi connectivity index (χ4n) is 1.70. The highest BCUT2D eigenvalue weighted by molar-refractivity contribution is 6.33. The van der Waals surface area contributed by atoms with Crippen LogP contribution < -0.4 is 5.32 Å². The summed E-state index contributed by atoms with van der Waals surface area (Å²) in [5.74, 6) is 5.17. The number of aliphatic hydroxyl groups excluding tert-OH is 1. The van der Waals surface area contributed by atoms with Gasteiger partial charge in [-0.1, -0.05) is 23.4 Å². The Kier molecular flexibility index (Phi) is 5.38. The van der Waals surface area contributed by atoms with Crippen LogP contribution >= 0.6 is 11.6 Å². The molecule has 0 bridgehead atoms. The molecule has 1 aromatic heterocycles. The average Bonchev–Trinajstić information content (AvgIpc) is 2.99. The molecular weight excluding hydrogens is 290 g/mol. The van der Waals surface area contributed by atoms with E-state index in [0.29, 0.717) is 29.2 Å². The number of amides is 1. The first-order valence-corrected chi connectivity index (χ1v) is 6.71. The van der Waals surface area contributed by atoms with Crippen LogP contribution in [0.5, 0.6) is 0 Å². The van der Waals surface area contributed by atoms with Gasteiger partial charge in [-0.15, -0.1) is 0 Å². The minimum atomic E-state index is -0.213. The van der Waals surface area contributed by atoms with Gasteiger partial charge in [-0.2, -0.15) is 0 Å². The second kappa shape index (κ2) is 7.48. The monoisotopic (exact) mass is 303 g/mol. The number of anilines is 1. The number of hydrogen-bond acceptors (Lipinski definition) is 3. The zero-order valence-corrected chi connectivity index (χ0v) is 12.0. The molecule has 0 unspecified atom stereocenters. The number of aromatic nitrogens is 2. The number of aliphatic hydroxyl groups is 1. The SMILES string of the molecule is O=C(CCn1ccnc1)Nc1cc(C#CCO)ccc1Cl. The third-order valence-corrected chi connectivity index (χ3v) is 3.04. The predicted molar refractivity (Wildman–Crippen MR) is 80.9 cm³/mol. The summed E-state index contributed by atoms with van der Waals surface area (Å²) in [5, 5.41) is 11.9. The minimum absolute atomic E-state index is 0.141. The molecule has 2 rings (SSSR count). The van der Waals surface area contributed by atoms with E-state index in [1.165, 1.54) is 0 Å². The first-order valence-electron chi connectivity index (χ1n) is 6.34. The molecule has 0 saturated carbocycles. The Labute approximate surface area is 127 Å². The number of imidazole rings is 1. The van der Waals surface area contributed by atoms with Gasteiger partial charge >= 0.3 is 0 Å². The zero-order valence-electron chi connectivity index (χ0n) is 11.2. The molecule has 0 radical (unpaired) electrons. The molecule has 1 heterocycles. The maximum Gasteiger partial charge on any atom is 0.226 e. The highest BCUT2D eigenvalue weighted by Crippen LogP contribution is 2.22. The van der Waals surface area contributed by atoms with Crippen molar-refractivity contribution >= 4 is 23.2 Å². The first kappa shape index (κ1) is 15.1. The fourth-order valence-corrected chi connectivity index (χ4v) is 1.87. The second-order valence-corrected chi connectivity index (χ2v) is 4.66. The zero-order chi connectivity index (χ0) is 15.1. The fraction of sp³-hybridized carbons (Fsp3) is 0.200. The number of hydrogen-bond donors (Lipinski definition) is 2. The number of nitrogens with one attached hydrogen (secondary N) is 1. The molecule has 1 amide bonds. The van der Waals surface area contributed by atoms with E-state index in [1.807, 2.05) is 4.57 Å². The maximum atomic E-state index is 11.9. The van der Waals surface area contributed by atoms with Crippen LogP contribution in [-0.2, 0) is 11.3 Å². The van der Waals surface area contributed by atoms with Gasteiger partial charge in [0.05, 0.1) is 17.0 Å². The lowest BCUT2D eigenvalue weighted by atomic mass is 10.2. The third-order valence-electron chi connectivity index (χ3n) is 2.71. The molecule has 0 saturated heterocycles. The molecule has 0 atom stereocenters. The maximum absolute atomic E-state index is 11.9. The molecule has 0 spiro atoms. The van der Waals surface area contributed by atoms with Crippen LogP contribution in [0.1, 0.15) is 12.0 Å². The van der Waals surface area contributed by atoms with Crippen molar-refractivity contribution in [3.8, 4) is 11.8 Å². The average molecular weight is 304 g/mol. The molecule has 0 aliphatic rings. The van der Waals surface area contributed by atoms with Crippen LogP contribution in [0.4, 0.5) is 5.69 Å². The highest BCUT2D eigenvalue weighted by Gasteiger charge is 2.06. The lowest BCUT2D eigenvalue weighted by molar-refractivity contribution is -0.116. The summed E-state index contributed by atoms with van der Waals surface area (Å²) in [4.78, 5) is 15.8. The molecule has 0 aliphatic carbocycles. The molecule has 0 aliphatic heterocycles. The first-order chi connectivity index (χ1) is 10.2. The molecule has 0 fully saturated rings. The van der Waals surface area contributed by atoms with Crippen molar-refractivity contribution in [3.63, 3.8) is 0 Å². The number of carbonyl (C=O) groups excluding carboxylic acids is 1. The summed E-state index contributed by atoms with van der Waals surface area (Å²) in [6.45, 7) is 0.336. The predicted octanol–water partition coefficient (Wildman–Crippen LogP) is 1.91. The van der Waals surface area contributed by atoms with Crippen molar-refractivity contribution < 1.29 is 9.90 Å². The molecule has 2 N–H and O–H groups in total. The second-order valence-electron chi connectivity index (χ2n) is 4.25. The molecule has 21 heavy (non-hydrogen) atoms. The lowest BCUT2D eigenvalue weighted by Gasteiger charge is -2.08. The summed E-state index contributed by atoms with van der Waals surface area (Å²) >= 11 is 6.05. The molecular formula is C15H14ClN3O2. The van der Waals surface area contributed by atoms with Crippen molar-refractivity contribution in [1.29, 1.82) is 0 Å². The highest BCUT2D eigenvalue weighted by atomic mass is 35.5. The van der Waals surface area contributed by atoms with E-state index >= 15 is 0 Å². The van der Waals surface area contributed by atoms with Crippen LogP contribution in [0, 0.1) is 11.8 Å². The number of rotatable bonds is 4. The van der Waals surface area contributed by atoms with E-state index < -0.39 is 0 Å². The Morgan fingerprint density at radius 2 is 2.33 bits per heavy atom. The largest absolute Gasteiger partial charge is 0.384 e. The Bertz CT molecular complexity index is 672. The Morgan fingerprint density at radius 1 is 1.48 bits per heavy atom.